The van der Waals surface area contributed by atoms with Crippen molar-refractivity contribution in [3.63, 3.8) is 0 Å². The zero-order valence-electron chi connectivity index (χ0n) is 12.4. The van der Waals surface area contributed by atoms with Crippen molar-refractivity contribution in [2.45, 2.75) is 24.7 Å². The Morgan fingerprint density at radius 1 is 1.36 bits per heavy atom. The number of sulfonamides is 1. The summed E-state index contributed by atoms with van der Waals surface area (Å²) in [5.74, 6) is -0.817. The molecule has 1 saturated heterocycles. The number of piperidine rings is 1. The van der Waals surface area contributed by atoms with Gasteiger partial charge in [-0.1, -0.05) is 6.92 Å². The summed E-state index contributed by atoms with van der Waals surface area (Å²) in [6.45, 7) is 2.85. The molecular weight excluding hydrogens is 306 g/mol. The first-order valence-electron chi connectivity index (χ1n) is 7.36. The van der Waals surface area contributed by atoms with E-state index in [2.05, 4.69) is 0 Å². The van der Waals surface area contributed by atoms with E-state index in [-0.39, 0.29) is 17.4 Å². The zero-order chi connectivity index (χ0) is 15.9. The number of carboxylic acid groups (broad SMARTS) is 1. The van der Waals surface area contributed by atoms with Crippen molar-refractivity contribution in [1.29, 1.82) is 0 Å². The molecule has 0 saturated carbocycles. The van der Waals surface area contributed by atoms with Crippen LogP contribution in [0.25, 0.3) is 0 Å². The molecule has 0 aromatic heterocycles. The second kappa shape index (κ2) is 5.55. The van der Waals surface area contributed by atoms with E-state index in [4.69, 9.17) is 4.74 Å². The van der Waals surface area contributed by atoms with E-state index in [1.165, 1.54) is 10.4 Å². The van der Waals surface area contributed by atoms with Crippen LogP contribution < -0.4 is 4.74 Å². The summed E-state index contributed by atoms with van der Waals surface area (Å²) in [5.41, 5.74) is 0.890. The first kappa shape index (κ1) is 15.3. The predicted molar refractivity (Wildman–Crippen MR) is 79.3 cm³/mol. The highest BCUT2D eigenvalue weighted by molar-refractivity contribution is 7.89. The van der Waals surface area contributed by atoms with Gasteiger partial charge in [-0.15, -0.1) is 0 Å². The standard InChI is InChI=1S/C15H19NO5S/c1-10-6-12(15(17)18)9-16(8-10)22(19,20)13-2-3-14-11(7-13)4-5-21-14/h2-3,7,10,12H,4-6,8-9H2,1H3,(H,17,18). The van der Waals surface area contributed by atoms with Gasteiger partial charge in [-0.05, 0) is 36.1 Å². The first-order valence-corrected chi connectivity index (χ1v) is 8.80. The first-order chi connectivity index (χ1) is 10.4. The molecule has 22 heavy (non-hydrogen) atoms. The van der Waals surface area contributed by atoms with E-state index in [0.717, 1.165) is 11.3 Å². The van der Waals surface area contributed by atoms with Crippen LogP contribution in [0.1, 0.15) is 18.9 Å². The van der Waals surface area contributed by atoms with Gasteiger partial charge >= 0.3 is 5.97 Å². The van der Waals surface area contributed by atoms with Crippen LogP contribution in [0.5, 0.6) is 5.75 Å². The van der Waals surface area contributed by atoms with Gasteiger partial charge in [0.25, 0.3) is 0 Å². The SMILES string of the molecule is CC1CC(C(=O)O)CN(S(=O)(=O)c2ccc3c(c2)CCO3)C1. The third kappa shape index (κ3) is 2.70. The van der Waals surface area contributed by atoms with E-state index in [1.54, 1.807) is 12.1 Å². The van der Waals surface area contributed by atoms with Gasteiger partial charge in [0, 0.05) is 19.5 Å². The second-order valence-corrected chi connectivity index (χ2v) is 8.00. The van der Waals surface area contributed by atoms with Crippen molar-refractivity contribution >= 4 is 16.0 Å². The van der Waals surface area contributed by atoms with Crippen LogP contribution in [0.3, 0.4) is 0 Å². The van der Waals surface area contributed by atoms with Gasteiger partial charge in [0.15, 0.2) is 0 Å². The molecule has 0 amide bonds. The number of hydrogen-bond donors (Lipinski definition) is 1. The highest BCUT2D eigenvalue weighted by Gasteiger charge is 2.36. The minimum Gasteiger partial charge on any atom is -0.493 e. The molecule has 1 fully saturated rings. The minimum absolute atomic E-state index is 0.0300. The Bertz CT molecular complexity index is 700. The van der Waals surface area contributed by atoms with E-state index < -0.39 is 21.9 Å². The molecule has 120 valence electrons. The minimum atomic E-state index is -3.67. The number of nitrogens with zero attached hydrogens (tertiary/aromatic N) is 1. The van der Waals surface area contributed by atoms with Crippen LogP contribution in [0, 0.1) is 11.8 Å². The summed E-state index contributed by atoms with van der Waals surface area (Å²) < 4.78 is 32.3. The zero-order valence-corrected chi connectivity index (χ0v) is 13.2. The molecule has 6 nitrogen and oxygen atoms in total. The maximum absolute atomic E-state index is 12.8. The summed E-state index contributed by atoms with van der Waals surface area (Å²) in [6, 6.07) is 4.86. The van der Waals surface area contributed by atoms with Crippen molar-refractivity contribution in [1.82, 2.24) is 4.31 Å². The molecule has 2 atom stereocenters. The highest BCUT2D eigenvalue weighted by Crippen LogP contribution is 2.31. The van der Waals surface area contributed by atoms with Gasteiger partial charge in [0.1, 0.15) is 5.75 Å². The molecule has 2 unspecified atom stereocenters. The smallest absolute Gasteiger partial charge is 0.307 e. The Balaban J connectivity index is 1.90. The van der Waals surface area contributed by atoms with E-state index in [9.17, 15) is 18.3 Å². The predicted octanol–water partition coefficient (Wildman–Crippen LogP) is 1.35. The quantitative estimate of drug-likeness (QED) is 0.907. The summed E-state index contributed by atoms with van der Waals surface area (Å²) in [5, 5.41) is 9.20. The lowest BCUT2D eigenvalue weighted by molar-refractivity contribution is -0.143. The van der Waals surface area contributed by atoms with Gasteiger partial charge in [-0.2, -0.15) is 4.31 Å². The molecule has 7 heteroatoms. The fourth-order valence-corrected chi connectivity index (χ4v) is 4.81. The van der Waals surface area contributed by atoms with Gasteiger partial charge in [0.2, 0.25) is 10.0 Å². The Hall–Kier alpha value is -1.60. The molecule has 1 N–H and O–H groups in total. The highest BCUT2D eigenvalue weighted by atomic mass is 32.2. The lowest BCUT2D eigenvalue weighted by Gasteiger charge is -2.33. The molecule has 0 aliphatic carbocycles. The molecule has 2 aliphatic heterocycles. The summed E-state index contributed by atoms with van der Waals surface area (Å²) in [7, 11) is -3.67. The molecule has 3 rings (SSSR count). The Kier molecular flexibility index (Phi) is 3.86. The van der Waals surface area contributed by atoms with Gasteiger partial charge < -0.3 is 9.84 Å². The van der Waals surface area contributed by atoms with E-state index in [1.807, 2.05) is 6.92 Å². The average molecular weight is 325 g/mol. The number of carbonyl (C=O) groups is 1. The lowest BCUT2D eigenvalue weighted by Crippen LogP contribution is -2.45. The number of aliphatic carboxylic acids is 1. The van der Waals surface area contributed by atoms with Crippen LogP contribution in [-0.4, -0.2) is 43.5 Å². The Labute approximate surface area is 129 Å². The molecule has 1 aromatic rings. The van der Waals surface area contributed by atoms with Crippen LogP contribution in [0.2, 0.25) is 0 Å². The van der Waals surface area contributed by atoms with Crippen LogP contribution in [-0.2, 0) is 21.2 Å². The fraction of sp³-hybridized carbons (Fsp3) is 0.533. The van der Waals surface area contributed by atoms with Gasteiger partial charge in [-0.3, -0.25) is 4.79 Å². The number of carboxylic acids is 1. The van der Waals surface area contributed by atoms with Crippen LogP contribution >= 0.6 is 0 Å². The van der Waals surface area contributed by atoms with Crippen molar-refractivity contribution in [3.05, 3.63) is 23.8 Å². The fourth-order valence-electron chi connectivity index (χ4n) is 3.15. The second-order valence-electron chi connectivity index (χ2n) is 6.07. The third-order valence-electron chi connectivity index (χ3n) is 4.27. The molecule has 2 aliphatic rings. The van der Waals surface area contributed by atoms with Crippen molar-refractivity contribution < 1.29 is 23.1 Å². The molecule has 2 heterocycles. The maximum atomic E-state index is 12.8. The topological polar surface area (TPSA) is 83.9 Å². The molecule has 0 bridgehead atoms. The van der Waals surface area contributed by atoms with Gasteiger partial charge in [0.05, 0.1) is 17.4 Å². The number of fused-ring (bicyclic) bond motifs is 1. The third-order valence-corrected chi connectivity index (χ3v) is 6.10. The summed E-state index contributed by atoms with van der Waals surface area (Å²) in [6.07, 6.45) is 1.21. The lowest BCUT2D eigenvalue weighted by atomic mass is 9.92. The average Bonchev–Trinajstić information content (AvgIpc) is 2.93. The molecular formula is C15H19NO5S. The molecule has 0 radical (unpaired) electrons. The molecule has 1 aromatic carbocycles. The van der Waals surface area contributed by atoms with Crippen molar-refractivity contribution in [2.75, 3.05) is 19.7 Å². The van der Waals surface area contributed by atoms with E-state index >= 15 is 0 Å². The summed E-state index contributed by atoms with van der Waals surface area (Å²) >= 11 is 0. The molecule has 0 spiro atoms. The van der Waals surface area contributed by atoms with Gasteiger partial charge in [-0.25, -0.2) is 8.42 Å². The summed E-state index contributed by atoms with van der Waals surface area (Å²) in [4.78, 5) is 11.4. The van der Waals surface area contributed by atoms with Crippen molar-refractivity contribution in [3.8, 4) is 5.75 Å². The normalized spacial score (nSPS) is 25.5. The number of ether oxygens (including phenoxy) is 1. The monoisotopic (exact) mass is 325 g/mol. The Morgan fingerprint density at radius 3 is 2.86 bits per heavy atom. The largest absolute Gasteiger partial charge is 0.493 e. The van der Waals surface area contributed by atoms with E-state index in [0.29, 0.717) is 26.0 Å². The van der Waals surface area contributed by atoms with Crippen molar-refractivity contribution in [2.24, 2.45) is 11.8 Å². The maximum Gasteiger partial charge on any atom is 0.307 e. The Morgan fingerprint density at radius 2 is 2.14 bits per heavy atom. The van der Waals surface area contributed by atoms with Crippen LogP contribution in [0.4, 0.5) is 0 Å². The number of benzene rings is 1. The number of hydrogen-bond acceptors (Lipinski definition) is 4. The number of rotatable bonds is 3. The van der Waals surface area contributed by atoms with Crippen LogP contribution in [0.15, 0.2) is 23.1 Å².